The number of nitrogens with zero attached hydrogens (tertiary/aromatic N) is 3. The summed E-state index contributed by atoms with van der Waals surface area (Å²) in [6.45, 7) is 2.84. The molecule has 0 spiro atoms. The minimum atomic E-state index is -3.70. The van der Waals surface area contributed by atoms with Crippen LogP contribution in [0.15, 0.2) is 112 Å². The maximum absolute atomic E-state index is 15.2. The first-order valence-electron chi connectivity index (χ1n) is 17.0. The number of amides is 2. The Balaban J connectivity index is 1.24. The first kappa shape index (κ1) is 31.6. The zero-order valence-corrected chi connectivity index (χ0v) is 28.3. The summed E-state index contributed by atoms with van der Waals surface area (Å²) in [6, 6.07) is 30.9. The van der Waals surface area contributed by atoms with Crippen LogP contribution in [-0.4, -0.2) is 46.1 Å². The number of urea groups is 1. The molecule has 2 unspecified atom stereocenters. The second kappa shape index (κ2) is 12.3. The number of benzene rings is 4. The fourth-order valence-corrected chi connectivity index (χ4v) is 9.48. The highest BCUT2D eigenvalue weighted by Crippen LogP contribution is 2.44. The van der Waals surface area contributed by atoms with Gasteiger partial charge in [0.15, 0.2) is 0 Å². The van der Waals surface area contributed by atoms with E-state index in [2.05, 4.69) is 11.4 Å². The van der Waals surface area contributed by atoms with Crippen molar-refractivity contribution in [2.24, 2.45) is 15.4 Å². The van der Waals surface area contributed by atoms with Crippen LogP contribution in [0.4, 0.5) is 14.9 Å². The summed E-state index contributed by atoms with van der Waals surface area (Å²) in [5.74, 6) is 0.402. The summed E-state index contributed by atoms with van der Waals surface area (Å²) in [4.78, 5) is 14.6. The molecule has 0 saturated carbocycles. The van der Waals surface area contributed by atoms with Gasteiger partial charge in [-0.25, -0.2) is 28.6 Å². The fraction of sp³-hybridized carbons (Fsp3) is 0.308. The highest BCUT2D eigenvalue weighted by molar-refractivity contribution is 7.95. The molecule has 2 amide bonds. The molecule has 8 rings (SSSR count). The number of anilines is 1. The van der Waals surface area contributed by atoms with E-state index in [1.54, 1.807) is 5.01 Å². The Morgan fingerprint density at radius 3 is 2.14 bits per heavy atom. The van der Waals surface area contributed by atoms with E-state index in [0.717, 1.165) is 58.3 Å². The highest BCUT2D eigenvalue weighted by atomic mass is 32.2. The van der Waals surface area contributed by atoms with Gasteiger partial charge in [-0.2, -0.15) is 4.36 Å². The van der Waals surface area contributed by atoms with E-state index in [4.69, 9.17) is 14.2 Å². The Hall–Kier alpha value is -4.67. The second-order valence-corrected chi connectivity index (χ2v) is 15.4. The van der Waals surface area contributed by atoms with Crippen molar-refractivity contribution in [2.45, 2.75) is 50.7 Å². The molecular weight excluding hydrogens is 638 g/mol. The first-order chi connectivity index (χ1) is 23.7. The summed E-state index contributed by atoms with van der Waals surface area (Å²) in [6.07, 6.45) is 2.45. The molecule has 2 aliphatic heterocycles. The Morgan fingerprint density at radius 2 is 1.53 bits per heavy atom. The van der Waals surface area contributed by atoms with Crippen molar-refractivity contribution in [3.05, 3.63) is 147 Å². The zero-order chi connectivity index (χ0) is 33.8. The minimum absolute atomic E-state index is 0.0654. The summed E-state index contributed by atoms with van der Waals surface area (Å²) in [5, 5.41) is 13.4. The van der Waals surface area contributed by atoms with Gasteiger partial charge in [0.05, 0.1) is 13.2 Å². The monoisotopic (exact) mass is 677 g/mol. The third kappa shape index (κ3) is 5.47. The molecule has 1 saturated heterocycles. The molecule has 3 N–H and O–H groups in total. The third-order valence-corrected chi connectivity index (χ3v) is 11.7. The lowest BCUT2D eigenvalue weighted by molar-refractivity contribution is -0.0456. The van der Waals surface area contributed by atoms with E-state index in [-0.39, 0.29) is 23.8 Å². The minimum Gasteiger partial charge on any atom is -0.477 e. The topological polar surface area (TPSA) is 100 Å². The maximum atomic E-state index is 15.2. The molecule has 4 aromatic carbocycles. The van der Waals surface area contributed by atoms with Gasteiger partial charge in [0.25, 0.3) is 0 Å². The summed E-state index contributed by atoms with van der Waals surface area (Å²) in [7, 11) is -3.70. The molecule has 252 valence electrons. The average molecular weight is 678 g/mol. The van der Waals surface area contributed by atoms with Crippen LogP contribution in [0.5, 0.6) is 0 Å². The van der Waals surface area contributed by atoms with Crippen LogP contribution in [0.1, 0.15) is 52.3 Å². The first-order valence-corrected chi connectivity index (χ1v) is 18.6. The quantitative estimate of drug-likeness (QED) is 0.218. The molecule has 0 radical (unpaired) electrons. The fourth-order valence-electron chi connectivity index (χ4n) is 7.92. The van der Waals surface area contributed by atoms with Crippen molar-refractivity contribution < 1.29 is 18.1 Å². The molecular formula is C39H40FN5O3S. The number of hydrazine groups is 1. The number of carbonyl (C=O) groups excluding carboxylic acids is 1. The van der Waals surface area contributed by atoms with E-state index in [0.29, 0.717) is 25.5 Å². The number of ether oxygens (including phenoxy) is 1. The molecule has 0 aromatic heterocycles. The number of rotatable bonds is 6. The maximum Gasteiger partial charge on any atom is 0.341 e. The number of alkyl halides is 1. The van der Waals surface area contributed by atoms with Crippen LogP contribution < -0.4 is 10.5 Å². The van der Waals surface area contributed by atoms with E-state index in [1.807, 2.05) is 97.9 Å². The Labute approximate surface area is 287 Å². The van der Waals surface area contributed by atoms with E-state index < -0.39 is 27.7 Å². The van der Waals surface area contributed by atoms with Gasteiger partial charge in [0.1, 0.15) is 26.5 Å². The molecule has 10 heteroatoms. The molecule has 2 aliphatic carbocycles. The number of nitrogens with one attached hydrogen (secondary N) is 1. The smallest absolute Gasteiger partial charge is 0.341 e. The van der Waals surface area contributed by atoms with Crippen LogP contribution in [0, 0.1) is 5.92 Å². The highest BCUT2D eigenvalue weighted by Gasteiger charge is 2.45. The SMILES string of the molecule is CC1COC2=C(S(N)(=O)=NC(c3ccccc3)(c3ccccc3)c3ccccc3)CN(C(=O)Nc3c4c(cc5c3C[C@H](F)C5)CCC4)N2C1. The van der Waals surface area contributed by atoms with Crippen molar-refractivity contribution in [3.8, 4) is 0 Å². The van der Waals surface area contributed by atoms with E-state index in [1.165, 1.54) is 10.6 Å². The Kier molecular flexibility index (Phi) is 7.95. The van der Waals surface area contributed by atoms with Gasteiger partial charge in [0, 0.05) is 31.0 Å². The molecule has 3 atom stereocenters. The number of halogens is 1. The van der Waals surface area contributed by atoms with Crippen molar-refractivity contribution in [1.29, 1.82) is 0 Å². The van der Waals surface area contributed by atoms with Gasteiger partial charge in [-0.15, -0.1) is 0 Å². The lowest BCUT2D eigenvalue weighted by Gasteiger charge is -2.37. The van der Waals surface area contributed by atoms with Gasteiger partial charge >= 0.3 is 6.03 Å². The number of fused-ring (bicyclic) bond motifs is 3. The predicted octanol–water partition coefficient (Wildman–Crippen LogP) is 6.85. The predicted molar refractivity (Wildman–Crippen MR) is 189 cm³/mol. The standard InChI is InChI=1S/C39H40FN5O3S/c1-26-23-44-37(48-25-26)35(24-45(44)38(46)42-36-33-19-11-12-27(33)20-28-21-32(40)22-34(28)36)49(41,47)43-39(29-13-5-2-6-14-29,30-15-7-3-8-16-30)31-17-9-4-10-18-31/h2-10,13-18,20,26,32H,11-12,19,21-25H2,1H3,(H,42,46)(H2,41,43,47)/t26?,32-,49?/m1/s1. The number of carbonyl (C=O) groups is 1. The van der Waals surface area contributed by atoms with E-state index in [9.17, 15) is 9.18 Å². The molecule has 0 bridgehead atoms. The normalized spacial score (nSPS) is 21.0. The van der Waals surface area contributed by atoms with Crippen molar-refractivity contribution >= 4 is 21.6 Å². The zero-order valence-electron chi connectivity index (χ0n) is 27.5. The van der Waals surface area contributed by atoms with Crippen LogP contribution in [0.25, 0.3) is 0 Å². The third-order valence-electron chi connectivity index (χ3n) is 10.2. The Bertz CT molecular complexity index is 1970. The van der Waals surface area contributed by atoms with Crippen LogP contribution in [0.3, 0.4) is 0 Å². The number of nitrogens with two attached hydrogens (primary N) is 1. The molecule has 1 fully saturated rings. The average Bonchev–Trinajstić information content (AvgIpc) is 3.85. The van der Waals surface area contributed by atoms with Gasteiger partial charge < -0.3 is 10.1 Å². The molecule has 2 heterocycles. The van der Waals surface area contributed by atoms with E-state index >= 15 is 4.21 Å². The lowest BCUT2D eigenvalue weighted by Crippen LogP contribution is -2.49. The second-order valence-electron chi connectivity index (χ2n) is 13.6. The van der Waals surface area contributed by atoms with Gasteiger partial charge in [-0.05, 0) is 58.2 Å². The van der Waals surface area contributed by atoms with Crippen LogP contribution in [0.2, 0.25) is 0 Å². The van der Waals surface area contributed by atoms with Gasteiger partial charge in [0.2, 0.25) is 5.88 Å². The van der Waals surface area contributed by atoms with Crippen molar-refractivity contribution in [3.63, 3.8) is 0 Å². The van der Waals surface area contributed by atoms with Crippen molar-refractivity contribution in [2.75, 3.05) is 25.0 Å². The summed E-state index contributed by atoms with van der Waals surface area (Å²) < 4.78 is 41.3. The molecule has 4 aromatic rings. The Morgan fingerprint density at radius 1 is 0.918 bits per heavy atom. The van der Waals surface area contributed by atoms with Crippen molar-refractivity contribution in [1.82, 2.24) is 10.0 Å². The van der Waals surface area contributed by atoms with Crippen LogP contribution >= 0.6 is 0 Å². The summed E-state index contributed by atoms with van der Waals surface area (Å²) in [5.41, 5.74) is 6.03. The lowest BCUT2D eigenvalue weighted by atomic mass is 9.78. The number of hydrogen-bond acceptors (Lipinski definition) is 5. The summed E-state index contributed by atoms with van der Waals surface area (Å²) >= 11 is 0. The van der Waals surface area contributed by atoms with Gasteiger partial charge in [-0.3, -0.25) is 0 Å². The number of aryl methyl sites for hydroxylation is 1. The molecule has 49 heavy (non-hydrogen) atoms. The van der Waals surface area contributed by atoms with Gasteiger partial charge in [-0.1, -0.05) is 104 Å². The largest absolute Gasteiger partial charge is 0.477 e. The molecule has 8 nitrogen and oxygen atoms in total. The van der Waals surface area contributed by atoms with Crippen LogP contribution in [-0.2, 0) is 45.9 Å². The molecule has 4 aliphatic rings. The number of hydrogen-bond donors (Lipinski definition) is 2.